The van der Waals surface area contributed by atoms with Crippen LogP contribution in [-0.4, -0.2) is 48.6 Å². The third-order valence-electron chi connectivity index (χ3n) is 6.30. The van der Waals surface area contributed by atoms with E-state index in [1.165, 1.54) is 12.3 Å². The van der Waals surface area contributed by atoms with Crippen molar-refractivity contribution in [1.29, 1.82) is 0 Å². The number of halogens is 1. The predicted molar refractivity (Wildman–Crippen MR) is 115 cm³/mol. The first-order valence-electron chi connectivity index (χ1n) is 10.7. The van der Waals surface area contributed by atoms with Crippen molar-refractivity contribution >= 4 is 22.7 Å². The lowest BCUT2D eigenvalue weighted by Gasteiger charge is -2.26. The van der Waals surface area contributed by atoms with E-state index in [9.17, 15) is 9.59 Å². The number of nitrogens with one attached hydrogen (secondary N) is 1. The first kappa shape index (κ1) is 21.4. The number of carbonyl (C=O) groups is 1. The van der Waals surface area contributed by atoms with Crippen molar-refractivity contribution in [2.45, 2.75) is 45.2 Å². The van der Waals surface area contributed by atoms with Gasteiger partial charge in [0.15, 0.2) is 17.3 Å². The molecule has 0 unspecified atom stereocenters. The van der Waals surface area contributed by atoms with Crippen LogP contribution in [0.1, 0.15) is 39.2 Å². The van der Waals surface area contributed by atoms with Gasteiger partial charge in [-0.25, -0.2) is 9.18 Å². The Kier molecular flexibility index (Phi) is 5.79. The summed E-state index contributed by atoms with van der Waals surface area (Å²) in [6.45, 7) is 5.61. The fraction of sp³-hybridized carbons (Fsp3) is 0.545. The summed E-state index contributed by atoms with van der Waals surface area (Å²) < 4.78 is 27.9. The van der Waals surface area contributed by atoms with Crippen LogP contribution in [0.25, 0.3) is 10.9 Å². The van der Waals surface area contributed by atoms with Gasteiger partial charge in [-0.05, 0) is 52.1 Å². The normalized spacial score (nSPS) is 19.6. The molecule has 1 aromatic heterocycles. The molecule has 1 saturated carbocycles. The number of nitrogens with zero attached hydrogens (tertiary/aromatic N) is 2. The number of carboxylic acid groups (broad SMARTS) is 1. The van der Waals surface area contributed by atoms with Gasteiger partial charge in [0.2, 0.25) is 5.43 Å². The van der Waals surface area contributed by atoms with Crippen LogP contribution in [0, 0.1) is 11.7 Å². The van der Waals surface area contributed by atoms with Crippen LogP contribution in [0.3, 0.4) is 0 Å². The standard InChI is InChI=1S/C22H28FN3O5/c1-4-30-21-18-15(20(27)17(31-22(28)29)11-26(18)14-5-6-14)9-16(23)19(21)25-8-7-13(10-25)12(2)24-3/h9,11-14,24H,4-8,10H2,1-3H3,(H,28,29)/t12-,13-/m1/s1. The number of anilines is 1. The van der Waals surface area contributed by atoms with Crippen molar-refractivity contribution in [2.24, 2.45) is 5.92 Å². The number of hydrogen-bond acceptors (Lipinski definition) is 6. The zero-order chi connectivity index (χ0) is 22.3. The van der Waals surface area contributed by atoms with Gasteiger partial charge >= 0.3 is 6.16 Å². The predicted octanol–water partition coefficient (Wildman–Crippen LogP) is 3.37. The molecule has 1 aliphatic carbocycles. The zero-order valence-electron chi connectivity index (χ0n) is 18.0. The minimum atomic E-state index is -1.58. The van der Waals surface area contributed by atoms with Crippen LogP contribution < -0.4 is 25.1 Å². The number of aromatic nitrogens is 1. The Bertz CT molecular complexity index is 1070. The minimum Gasteiger partial charge on any atom is -0.489 e. The summed E-state index contributed by atoms with van der Waals surface area (Å²) in [5.74, 6) is -0.182. The molecule has 4 rings (SSSR count). The Hall–Kier alpha value is -2.81. The number of pyridine rings is 1. The van der Waals surface area contributed by atoms with Gasteiger partial charge in [-0.15, -0.1) is 0 Å². The molecule has 2 aromatic rings. The van der Waals surface area contributed by atoms with E-state index in [2.05, 4.69) is 12.2 Å². The average Bonchev–Trinajstić information content (AvgIpc) is 3.46. The second kappa shape index (κ2) is 8.37. The molecular weight excluding hydrogens is 405 g/mol. The minimum absolute atomic E-state index is 0.0645. The Morgan fingerprint density at radius 3 is 2.74 bits per heavy atom. The molecule has 2 heterocycles. The highest BCUT2D eigenvalue weighted by Gasteiger charge is 2.34. The first-order valence-corrected chi connectivity index (χ1v) is 10.7. The zero-order valence-corrected chi connectivity index (χ0v) is 18.0. The van der Waals surface area contributed by atoms with Gasteiger partial charge in [-0.2, -0.15) is 0 Å². The summed E-state index contributed by atoms with van der Waals surface area (Å²) >= 11 is 0. The summed E-state index contributed by atoms with van der Waals surface area (Å²) in [6.07, 6.45) is 2.52. The molecular formula is C22H28FN3O5. The Morgan fingerprint density at radius 1 is 1.39 bits per heavy atom. The molecule has 2 fully saturated rings. The number of ether oxygens (including phenoxy) is 2. The van der Waals surface area contributed by atoms with Gasteiger partial charge in [0.05, 0.1) is 23.7 Å². The van der Waals surface area contributed by atoms with Gasteiger partial charge in [0.1, 0.15) is 5.69 Å². The molecule has 0 amide bonds. The monoisotopic (exact) mass is 433 g/mol. The van der Waals surface area contributed by atoms with E-state index in [0.29, 0.717) is 48.6 Å². The highest BCUT2D eigenvalue weighted by atomic mass is 19.1. The molecule has 2 atom stereocenters. The Morgan fingerprint density at radius 2 is 2.13 bits per heavy atom. The second-order valence-electron chi connectivity index (χ2n) is 8.27. The fourth-order valence-electron chi connectivity index (χ4n) is 4.44. The molecule has 1 aliphatic heterocycles. The molecule has 9 heteroatoms. The number of rotatable bonds is 7. The van der Waals surface area contributed by atoms with Crippen molar-refractivity contribution in [2.75, 3.05) is 31.6 Å². The summed E-state index contributed by atoms with van der Waals surface area (Å²) in [4.78, 5) is 26.0. The maximum Gasteiger partial charge on any atom is 0.511 e. The lowest BCUT2D eigenvalue weighted by Crippen LogP contribution is -2.33. The second-order valence-corrected chi connectivity index (χ2v) is 8.27. The molecule has 31 heavy (non-hydrogen) atoms. The van der Waals surface area contributed by atoms with Crippen molar-refractivity contribution in [1.82, 2.24) is 9.88 Å². The maximum absolute atomic E-state index is 15.4. The van der Waals surface area contributed by atoms with Crippen molar-refractivity contribution in [3.05, 3.63) is 28.3 Å². The SMILES string of the molecule is CCOc1c(N2CC[C@@H]([C@@H](C)NC)C2)c(F)cc2c(=O)c(OC(=O)O)cn(C3CC3)c12. The van der Waals surface area contributed by atoms with Crippen molar-refractivity contribution in [3.63, 3.8) is 0 Å². The summed E-state index contributed by atoms with van der Waals surface area (Å²) in [6, 6.07) is 1.58. The quantitative estimate of drug-likeness (QED) is 0.647. The molecule has 1 saturated heterocycles. The highest BCUT2D eigenvalue weighted by molar-refractivity contribution is 5.92. The number of benzene rings is 1. The van der Waals surface area contributed by atoms with Crippen molar-refractivity contribution < 1.29 is 23.8 Å². The molecule has 2 N–H and O–H groups in total. The van der Waals surface area contributed by atoms with Crippen LogP contribution in [-0.2, 0) is 0 Å². The number of fused-ring (bicyclic) bond motifs is 1. The third-order valence-corrected chi connectivity index (χ3v) is 6.30. The van der Waals surface area contributed by atoms with Crippen LogP contribution >= 0.6 is 0 Å². The topological polar surface area (TPSA) is 93.0 Å². The van der Waals surface area contributed by atoms with Gasteiger partial charge in [0.25, 0.3) is 0 Å². The highest BCUT2D eigenvalue weighted by Crippen LogP contribution is 2.45. The van der Waals surface area contributed by atoms with Crippen LogP contribution in [0.2, 0.25) is 0 Å². The largest absolute Gasteiger partial charge is 0.511 e. The summed E-state index contributed by atoms with van der Waals surface area (Å²) in [5, 5.41) is 12.3. The van der Waals surface area contributed by atoms with E-state index in [4.69, 9.17) is 14.6 Å². The maximum atomic E-state index is 15.4. The molecule has 1 aromatic carbocycles. The van der Waals surface area contributed by atoms with Crippen molar-refractivity contribution in [3.8, 4) is 11.5 Å². The smallest absolute Gasteiger partial charge is 0.489 e. The Labute approximate surface area is 179 Å². The fourth-order valence-corrected chi connectivity index (χ4v) is 4.44. The molecule has 8 nitrogen and oxygen atoms in total. The van der Waals surface area contributed by atoms with Gasteiger partial charge < -0.3 is 29.4 Å². The van der Waals surface area contributed by atoms with Gasteiger partial charge in [-0.3, -0.25) is 4.79 Å². The van der Waals surface area contributed by atoms with Crippen LogP contribution in [0.4, 0.5) is 14.9 Å². The molecule has 0 spiro atoms. The lowest BCUT2D eigenvalue weighted by molar-refractivity contribution is 0.143. The summed E-state index contributed by atoms with van der Waals surface area (Å²) in [5.41, 5.74) is 0.193. The van der Waals surface area contributed by atoms with E-state index in [1.54, 1.807) is 0 Å². The Balaban J connectivity index is 1.91. The number of hydrogen-bond donors (Lipinski definition) is 2. The van der Waals surface area contributed by atoms with E-state index in [-0.39, 0.29) is 17.2 Å². The summed E-state index contributed by atoms with van der Waals surface area (Å²) in [7, 11) is 1.92. The van der Waals surface area contributed by atoms with Crippen LogP contribution in [0.5, 0.6) is 11.5 Å². The molecule has 168 valence electrons. The van der Waals surface area contributed by atoms with E-state index in [0.717, 1.165) is 19.3 Å². The average molecular weight is 433 g/mol. The van der Waals surface area contributed by atoms with Gasteiger partial charge in [0, 0.05) is 25.2 Å². The van der Waals surface area contributed by atoms with E-state index < -0.39 is 17.4 Å². The molecule has 0 bridgehead atoms. The first-order chi connectivity index (χ1) is 14.8. The van der Waals surface area contributed by atoms with Gasteiger partial charge in [-0.1, -0.05) is 0 Å². The van der Waals surface area contributed by atoms with Crippen LogP contribution in [0.15, 0.2) is 17.1 Å². The lowest BCUT2D eigenvalue weighted by atomic mass is 10.0. The molecule has 2 aliphatic rings. The van der Waals surface area contributed by atoms with E-state index in [1.807, 2.05) is 23.4 Å². The third kappa shape index (κ3) is 3.94. The molecule has 0 radical (unpaired) electrons. The van der Waals surface area contributed by atoms with E-state index >= 15 is 4.39 Å².